The molecule has 4 nitrogen and oxygen atoms in total. The topological polar surface area (TPSA) is 66.4 Å². The van der Waals surface area contributed by atoms with Gasteiger partial charge in [0, 0.05) is 0 Å². The van der Waals surface area contributed by atoms with Gasteiger partial charge in [-0.1, -0.05) is 35.0 Å². The maximum atomic E-state index is 11.6. The summed E-state index contributed by atoms with van der Waals surface area (Å²) in [6.07, 6.45) is 0.664. The summed E-state index contributed by atoms with van der Waals surface area (Å²) in [6, 6.07) is 4.16. The molecule has 0 saturated heterocycles. The molecule has 19 heavy (non-hydrogen) atoms. The monoisotopic (exact) mass is 294 g/mol. The molecule has 0 atom stereocenters. The minimum Gasteiger partial charge on any atom is -0.872 e. The molecule has 0 N–H and O–H groups in total. The van der Waals surface area contributed by atoms with Gasteiger partial charge in [-0.15, -0.1) is 0 Å². The van der Waals surface area contributed by atoms with Gasteiger partial charge in [0.1, 0.15) is 0 Å². The molecule has 0 spiro atoms. The molecule has 1 aromatic rings. The van der Waals surface area contributed by atoms with Gasteiger partial charge in [-0.25, -0.2) is 4.79 Å². The van der Waals surface area contributed by atoms with Gasteiger partial charge in [-0.05, 0) is 30.7 Å². The maximum absolute atomic E-state index is 11.6. The van der Waals surface area contributed by atoms with Gasteiger partial charge in [0.2, 0.25) is 0 Å². The van der Waals surface area contributed by atoms with Crippen LogP contribution in [0.1, 0.15) is 12.5 Å². The summed E-state index contributed by atoms with van der Waals surface area (Å²) in [5.74, 6) is -2.70. The Labute approximate surface area is 132 Å². The first kappa shape index (κ1) is 18.1. The van der Waals surface area contributed by atoms with Crippen molar-refractivity contribution in [2.45, 2.75) is 6.92 Å². The zero-order chi connectivity index (χ0) is 13.7. The number of hydrogen-bond acceptors (Lipinski definition) is 4. The van der Waals surface area contributed by atoms with E-state index in [0.29, 0.717) is 11.1 Å². The third-order valence-corrected chi connectivity index (χ3v) is 2.68. The normalized spacial score (nSPS) is 10.6. The van der Waals surface area contributed by atoms with Gasteiger partial charge in [-0.2, -0.15) is 0 Å². The predicted molar refractivity (Wildman–Crippen MR) is 66.1 cm³/mol. The van der Waals surface area contributed by atoms with E-state index < -0.39 is 17.5 Å². The standard InChI is InChI=1S/C12H10Cl2O4.Li/c1-2-18-12(17)11(16)6-10(15)7-3-4-8(13)9(14)5-7;/h3-6,15H,2H2,1H3;/q;+1/p-1/b10-6-;. The molecule has 0 amide bonds. The fraction of sp³-hybridized carbons (Fsp3) is 0.167. The van der Waals surface area contributed by atoms with Crippen LogP contribution in [0.3, 0.4) is 0 Å². The molecule has 1 rings (SSSR count). The molecule has 0 aliphatic carbocycles. The summed E-state index contributed by atoms with van der Waals surface area (Å²) in [4.78, 5) is 22.3. The van der Waals surface area contributed by atoms with E-state index in [2.05, 4.69) is 4.74 Å². The molecular formula is C12H9Cl2LiO4. The number of hydrogen-bond donors (Lipinski definition) is 0. The Morgan fingerprint density at radius 3 is 2.47 bits per heavy atom. The number of esters is 1. The second kappa shape index (κ2) is 8.29. The number of carbonyl (C=O) groups is 2. The fourth-order valence-electron chi connectivity index (χ4n) is 1.11. The van der Waals surface area contributed by atoms with Gasteiger partial charge in [0.25, 0.3) is 5.78 Å². The molecule has 0 fully saturated rings. The van der Waals surface area contributed by atoms with Crippen molar-refractivity contribution in [1.82, 2.24) is 0 Å². The van der Waals surface area contributed by atoms with Crippen molar-refractivity contribution >= 4 is 40.7 Å². The number of ether oxygens (including phenoxy) is 1. The average molecular weight is 295 g/mol. The van der Waals surface area contributed by atoms with Crippen LogP contribution in [0.2, 0.25) is 10.0 Å². The number of halogens is 2. The Bertz CT molecular complexity index is 514. The average Bonchev–Trinajstić information content (AvgIpc) is 2.32. The van der Waals surface area contributed by atoms with E-state index in [-0.39, 0.29) is 36.1 Å². The van der Waals surface area contributed by atoms with Crippen LogP contribution in [0.25, 0.3) is 5.76 Å². The first-order chi connectivity index (χ1) is 8.45. The van der Waals surface area contributed by atoms with Crippen LogP contribution in [-0.2, 0) is 14.3 Å². The van der Waals surface area contributed by atoms with Gasteiger partial charge in [0.05, 0.1) is 16.7 Å². The van der Waals surface area contributed by atoms with E-state index in [1.165, 1.54) is 18.2 Å². The maximum Gasteiger partial charge on any atom is 1.00 e. The van der Waals surface area contributed by atoms with Crippen molar-refractivity contribution in [2.24, 2.45) is 0 Å². The van der Waals surface area contributed by atoms with Crippen LogP contribution >= 0.6 is 23.2 Å². The molecule has 0 radical (unpaired) electrons. The van der Waals surface area contributed by atoms with E-state index in [4.69, 9.17) is 23.2 Å². The van der Waals surface area contributed by atoms with Gasteiger partial charge < -0.3 is 9.84 Å². The molecule has 7 heteroatoms. The van der Waals surface area contributed by atoms with Crippen molar-refractivity contribution in [3.63, 3.8) is 0 Å². The molecule has 0 aromatic heterocycles. The summed E-state index contributed by atoms with van der Waals surface area (Å²) in [7, 11) is 0. The summed E-state index contributed by atoms with van der Waals surface area (Å²) in [6.45, 7) is 1.63. The number of carbonyl (C=O) groups excluding carboxylic acids is 2. The van der Waals surface area contributed by atoms with Crippen molar-refractivity contribution in [2.75, 3.05) is 6.61 Å². The molecule has 0 bridgehead atoms. The van der Waals surface area contributed by atoms with E-state index in [1.54, 1.807) is 6.92 Å². The smallest absolute Gasteiger partial charge is 0.872 e. The molecule has 0 heterocycles. The Balaban J connectivity index is 0.00000324. The largest absolute Gasteiger partial charge is 1.00 e. The minimum absolute atomic E-state index is 0. The SMILES string of the molecule is CCOC(=O)C(=O)/C=C(\[O-])c1ccc(Cl)c(Cl)c1.[Li+]. The summed E-state index contributed by atoms with van der Waals surface area (Å²) >= 11 is 11.4. The van der Waals surface area contributed by atoms with E-state index >= 15 is 0 Å². The van der Waals surface area contributed by atoms with Gasteiger partial charge in [-0.3, -0.25) is 4.79 Å². The third-order valence-electron chi connectivity index (χ3n) is 1.94. The quantitative estimate of drug-likeness (QED) is 0.231. The van der Waals surface area contributed by atoms with Crippen molar-refractivity contribution in [3.05, 3.63) is 39.9 Å². The van der Waals surface area contributed by atoms with Crippen molar-refractivity contribution < 1.29 is 38.3 Å². The molecule has 0 saturated carbocycles. The van der Waals surface area contributed by atoms with E-state index in [0.717, 1.165) is 0 Å². The van der Waals surface area contributed by atoms with Crippen LogP contribution in [-0.4, -0.2) is 18.4 Å². The number of rotatable bonds is 4. The Morgan fingerprint density at radius 1 is 1.32 bits per heavy atom. The Hall–Kier alpha value is -0.923. The molecule has 96 valence electrons. The Morgan fingerprint density at radius 2 is 1.95 bits per heavy atom. The molecule has 0 unspecified atom stereocenters. The molecule has 0 aliphatic heterocycles. The van der Waals surface area contributed by atoms with Crippen LogP contribution in [0.5, 0.6) is 0 Å². The third kappa shape index (κ3) is 5.29. The van der Waals surface area contributed by atoms with E-state index in [1.807, 2.05) is 0 Å². The fourth-order valence-corrected chi connectivity index (χ4v) is 1.41. The molecule has 1 aromatic carbocycles. The predicted octanol–water partition coefficient (Wildman–Crippen LogP) is -1.17. The van der Waals surface area contributed by atoms with E-state index in [9.17, 15) is 14.7 Å². The molecular weight excluding hydrogens is 286 g/mol. The number of ketones is 1. The van der Waals surface area contributed by atoms with Crippen LogP contribution < -0.4 is 24.0 Å². The summed E-state index contributed by atoms with van der Waals surface area (Å²) in [5, 5.41) is 12.1. The van der Waals surface area contributed by atoms with Gasteiger partial charge in [0.15, 0.2) is 0 Å². The summed E-state index contributed by atoms with van der Waals surface area (Å²) in [5.41, 5.74) is 0.169. The first-order valence-electron chi connectivity index (χ1n) is 5.01. The minimum atomic E-state index is -1.06. The number of benzene rings is 1. The molecule has 0 aliphatic rings. The zero-order valence-electron chi connectivity index (χ0n) is 10.4. The van der Waals surface area contributed by atoms with Gasteiger partial charge >= 0.3 is 24.8 Å². The second-order valence-electron chi connectivity index (χ2n) is 3.22. The van der Waals surface area contributed by atoms with Crippen LogP contribution in [0, 0.1) is 0 Å². The van der Waals surface area contributed by atoms with Crippen molar-refractivity contribution in [3.8, 4) is 0 Å². The van der Waals surface area contributed by atoms with Crippen LogP contribution in [0.15, 0.2) is 24.3 Å². The Kier molecular flexibility index (Phi) is 7.89. The summed E-state index contributed by atoms with van der Waals surface area (Å²) < 4.78 is 4.46. The second-order valence-corrected chi connectivity index (χ2v) is 4.04. The van der Waals surface area contributed by atoms with Crippen molar-refractivity contribution in [1.29, 1.82) is 0 Å². The zero-order valence-corrected chi connectivity index (χ0v) is 11.9. The van der Waals surface area contributed by atoms with Crippen LogP contribution in [0.4, 0.5) is 0 Å². The first-order valence-corrected chi connectivity index (χ1v) is 5.76.